The molecule has 0 bridgehead atoms. The first-order valence-electron chi connectivity index (χ1n) is 5.71. The van der Waals surface area contributed by atoms with Gasteiger partial charge in [-0.1, -0.05) is 13.8 Å². The normalized spacial score (nSPS) is 28.0. The summed E-state index contributed by atoms with van der Waals surface area (Å²) < 4.78 is 5.64. The van der Waals surface area contributed by atoms with Crippen LogP contribution in [0.2, 0.25) is 0 Å². The van der Waals surface area contributed by atoms with Gasteiger partial charge in [0, 0.05) is 12.0 Å². The van der Waals surface area contributed by atoms with Crippen LogP contribution in [0.5, 0.6) is 0 Å². The topological polar surface area (TPSA) is 51.0 Å². The van der Waals surface area contributed by atoms with Gasteiger partial charge in [0.2, 0.25) is 11.8 Å². The molecule has 4 heteroatoms. The summed E-state index contributed by atoms with van der Waals surface area (Å²) in [6.45, 7) is 5.21. The van der Waals surface area contributed by atoms with Crippen molar-refractivity contribution in [3.05, 3.63) is 11.8 Å². The standard InChI is InChI=1S/C11H17N3O/c1-11(2)5-8(11)10-14-13-9(15-10)6-12-7-3-4-7/h7-8,12H,3-6H2,1-2H3. The highest BCUT2D eigenvalue weighted by atomic mass is 16.4. The number of rotatable bonds is 4. The Bertz CT molecular complexity index is 368. The fourth-order valence-electron chi connectivity index (χ4n) is 1.89. The lowest BCUT2D eigenvalue weighted by Crippen LogP contribution is -2.15. The first kappa shape index (κ1) is 9.33. The zero-order valence-electron chi connectivity index (χ0n) is 9.29. The van der Waals surface area contributed by atoms with Gasteiger partial charge in [0.15, 0.2) is 0 Å². The number of nitrogens with zero attached hydrogens (tertiary/aromatic N) is 2. The van der Waals surface area contributed by atoms with E-state index >= 15 is 0 Å². The molecule has 0 spiro atoms. The van der Waals surface area contributed by atoms with E-state index in [0.717, 1.165) is 18.3 Å². The van der Waals surface area contributed by atoms with Crippen molar-refractivity contribution in [2.24, 2.45) is 5.41 Å². The molecular formula is C11H17N3O. The van der Waals surface area contributed by atoms with Crippen molar-refractivity contribution in [2.75, 3.05) is 0 Å². The molecule has 1 N–H and O–H groups in total. The van der Waals surface area contributed by atoms with Crippen LogP contribution in [-0.4, -0.2) is 16.2 Å². The molecule has 1 aromatic heterocycles. The fourth-order valence-corrected chi connectivity index (χ4v) is 1.89. The summed E-state index contributed by atoms with van der Waals surface area (Å²) in [7, 11) is 0. The van der Waals surface area contributed by atoms with Crippen LogP contribution in [0.3, 0.4) is 0 Å². The molecule has 4 nitrogen and oxygen atoms in total. The zero-order valence-corrected chi connectivity index (χ0v) is 9.29. The fraction of sp³-hybridized carbons (Fsp3) is 0.818. The van der Waals surface area contributed by atoms with E-state index in [1.807, 2.05) is 0 Å². The molecule has 15 heavy (non-hydrogen) atoms. The van der Waals surface area contributed by atoms with Crippen LogP contribution in [0.4, 0.5) is 0 Å². The molecule has 0 saturated heterocycles. The van der Waals surface area contributed by atoms with Gasteiger partial charge in [0.25, 0.3) is 0 Å². The molecule has 1 heterocycles. The van der Waals surface area contributed by atoms with E-state index in [9.17, 15) is 0 Å². The minimum absolute atomic E-state index is 0.369. The predicted molar refractivity (Wildman–Crippen MR) is 55.3 cm³/mol. The number of hydrogen-bond donors (Lipinski definition) is 1. The van der Waals surface area contributed by atoms with Gasteiger partial charge in [-0.05, 0) is 24.7 Å². The van der Waals surface area contributed by atoms with Crippen LogP contribution in [-0.2, 0) is 6.54 Å². The van der Waals surface area contributed by atoms with Crippen molar-refractivity contribution in [3.63, 3.8) is 0 Å². The molecule has 0 aromatic carbocycles. The Morgan fingerprint density at radius 2 is 2.13 bits per heavy atom. The average molecular weight is 207 g/mol. The van der Waals surface area contributed by atoms with Crippen molar-refractivity contribution >= 4 is 0 Å². The molecule has 2 saturated carbocycles. The highest BCUT2D eigenvalue weighted by Gasteiger charge is 2.50. The zero-order chi connectivity index (χ0) is 10.5. The predicted octanol–water partition coefficient (Wildman–Crippen LogP) is 1.84. The molecule has 2 fully saturated rings. The molecule has 1 unspecified atom stereocenters. The first-order valence-corrected chi connectivity index (χ1v) is 5.71. The minimum Gasteiger partial charge on any atom is -0.424 e. The summed E-state index contributed by atoms with van der Waals surface area (Å²) >= 11 is 0. The monoisotopic (exact) mass is 207 g/mol. The molecule has 82 valence electrons. The number of nitrogens with one attached hydrogen (secondary N) is 1. The smallest absolute Gasteiger partial charge is 0.230 e. The van der Waals surface area contributed by atoms with E-state index in [1.54, 1.807) is 0 Å². The maximum atomic E-state index is 5.64. The van der Waals surface area contributed by atoms with Crippen molar-refractivity contribution in [1.29, 1.82) is 0 Å². The summed E-state index contributed by atoms with van der Waals surface area (Å²) in [6, 6.07) is 0.692. The second kappa shape index (κ2) is 3.04. The van der Waals surface area contributed by atoms with Crippen molar-refractivity contribution in [2.45, 2.75) is 51.6 Å². The van der Waals surface area contributed by atoms with Gasteiger partial charge >= 0.3 is 0 Å². The average Bonchev–Trinajstić information content (AvgIpc) is 3.06. The summed E-state index contributed by atoms with van der Waals surface area (Å²) in [6.07, 6.45) is 3.75. The molecule has 1 aromatic rings. The largest absolute Gasteiger partial charge is 0.424 e. The summed E-state index contributed by atoms with van der Waals surface area (Å²) in [4.78, 5) is 0. The lowest BCUT2D eigenvalue weighted by Gasteiger charge is -1.97. The lowest BCUT2D eigenvalue weighted by atomic mass is 10.1. The second-order valence-electron chi connectivity index (χ2n) is 5.43. The summed E-state index contributed by atoms with van der Waals surface area (Å²) in [5, 5.41) is 11.5. The highest BCUT2D eigenvalue weighted by Crippen LogP contribution is 2.58. The van der Waals surface area contributed by atoms with Gasteiger partial charge in [0.05, 0.1) is 6.54 Å². The number of aromatic nitrogens is 2. The van der Waals surface area contributed by atoms with Crippen molar-refractivity contribution < 1.29 is 4.42 Å². The molecule has 0 radical (unpaired) electrons. The Labute approximate surface area is 89.5 Å². The van der Waals surface area contributed by atoms with Crippen LogP contribution in [0.15, 0.2) is 4.42 Å². The van der Waals surface area contributed by atoms with Crippen LogP contribution in [0, 0.1) is 5.41 Å². The van der Waals surface area contributed by atoms with Gasteiger partial charge < -0.3 is 9.73 Å². The molecule has 2 aliphatic rings. The Morgan fingerprint density at radius 1 is 1.40 bits per heavy atom. The third-order valence-corrected chi connectivity index (χ3v) is 3.41. The van der Waals surface area contributed by atoms with Gasteiger partial charge in [0.1, 0.15) is 0 Å². The maximum Gasteiger partial charge on any atom is 0.230 e. The first-order chi connectivity index (χ1) is 7.15. The Morgan fingerprint density at radius 3 is 2.73 bits per heavy atom. The highest BCUT2D eigenvalue weighted by molar-refractivity contribution is 5.12. The molecule has 3 rings (SSSR count). The quantitative estimate of drug-likeness (QED) is 0.818. The second-order valence-corrected chi connectivity index (χ2v) is 5.43. The van der Waals surface area contributed by atoms with Gasteiger partial charge in [-0.25, -0.2) is 0 Å². The molecule has 1 atom stereocenters. The van der Waals surface area contributed by atoms with Crippen LogP contribution in [0.25, 0.3) is 0 Å². The van der Waals surface area contributed by atoms with E-state index in [1.165, 1.54) is 19.3 Å². The van der Waals surface area contributed by atoms with Gasteiger partial charge in [-0.3, -0.25) is 0 Å². The Balaban J connectivity index is 1.60. The van der Waals surface area contributed by atoms with Crippen molar-refractivity contribution in [1.82, 2.24) is 15.5 Å². The Hall–Kier alpha value is -0.900. The molecular weight excluding hydrogens is 190 g/mol. The third-order valence-electron chi connectivity index (χ3n) is 3.41. The third kappa shape index (κ3) is 1.91. The minimum atomic E-state index is 0.369. The van der Waals surface area contributed by atoms with Crippen LogP contribution >= 0.6 is 0 Å². The summed E-state index contributed by atoms with van der Waals surface area (Å²) in [5.74, 6) is 2.05. The van der Waals surface area contributed by atoms with E-state index in [0.29, 0.717) is 17.4 Å². The van der Waals surface area contributed by atoms with E-state index in [-0.39, 0.29) is 0 Å². The summed E-state index contributed by atoms with van der Waals surface area (Å²) in [5.41, 5.74) is 0.369. The number of hydrogen-bond acceptors (Lipinski definition) is 4. The lowest BCUT2D eigenvalue weighted by molar-refractivity contribution is 0.418. The molecule has 0 amide bonds. The van der Waals surface area contributed by atoms with E-state index < -0.39 is 0 Å². The van der Waals surface area contributed by atoms with Crippen LogP contribution < -0.4 is 5.32 Å². The Kier molecular flexibility index (Phi) is 1.89. The van der Waals surface area contributed by atoms with Crippen LogP contribution in [0.1, 0.15) is 50.8 Å². The van der Waals surface area contributed by atoms with Gasteiger partial charge in [-0.15, -0.1) is 10.2 Å². The SMILES string of the molecule is CC1(C)CC1c1nnc(CNC2CC2)o1. The maximum absolute atomic E-state index is 5.64. The van der Waals surface area contributed by atoms with Gasteiger partial charge in [-0.2, -0.15) is 0 Å². The molecule has 0 aliphatic heterocycles. The van der Waals surface area contributed by atoms with Crippen molar-refractivity contribution in [3.8, 4) is 0 Å². The van der Waals surface area contributed by atoms with E-state index in [2.05, 4.69) is 29.4 Å². The van der Waals surface area contributed by atoms with E-state index in [4.69, 9.17) is 4.42 Å². The molecule has 2 aliphatic carbocycles.